The predicted molar refractivity (Wildman–Crippen MR) is 64.0 cm³/mol. The van der Waals surface area contributed by atoms with Crippen LogP contribution in [0, 0.1) is 5.82 Å². The normalized spacial score (nSPS) is 11.7. The zero-order valence-corrected chi connectivity index (χ0v) is 10.8. The zero-order valence-electron chi connectivity index (χ0n) is 10.0. The molecule has 1 aromatic carbocycles. The lowest BCUT2D eigenvalue weighted by molar-refractivity contribution is 0.153. The molecule has 0 bridgehead atoms. The highest BCUT2D eigenvalue weighted by Gasteiger charge is 2.18. The van der Waals surface area contributed by atoms with Crippen molar-refractivity contribution in [1.82, 2.24) is 4.72 Å². The molecule has 1 rings (SSSR count). The third-order valence-corrected chi connectivity index (χ3v) is 3.69. The van der Waals surface area contributed by atoms with E-state index in [1.807, 2.05) is 0 Å². The molecule has 0 aliphatic rings. The van der Waals surface area contributed by atoms with Crippen molar-refractivity contribution in [2.75, 3.05) is 19.8 Å². The Balaban J connectivity index is 2.83. The van der Waals surface area contributed by atoms with Gasteiger partial charge in [0.25, 0.3) is 0 Å². The van der Waals surface area contributed by atoms with Gasteiger partial charge in [0, 0.05) is 13.2 Å². The van der Waals surface area contributed by atoms with Crippen molar-refractivity contribution in [1.29, 1.82) is 0 Å². The summed E-state index contributed by atoms with van der Waals surface area (Å²) in [6, 6.07) is 3.45. The highest BCUT2D eigenvalue weighted by molar-refractivity contribution is 7.89. The van der Waals surface area contributed by atoms with E-state index in [1.54, 1.807) is 6.92 Å². The molecule has 0 aromatic heterocycles. The minimum atomic E-state index is -3.92. The van der Waals surface area contributed by atoms with Crippen molar-refractivity contribution >= 4 is 10.0 Å². The van der Waals surface area contributed by atoms with Crippen LogP contribution in [-0.4, -0.2) is 33.3 Å². The molecule has 2 N–H and O–H groups in total. The average molecular weight is 277 g/mol. The van der Waals surface area contributed by atoms with Gasteiger partial charge in [0.05, 0.1) is 13.2 Å². The van der Waals surface area contributed by atoms with Gasteiger partial charge in [-0.2, -0.15) is 0 Å². The van der Waals surface area contributed by atoms with E-state index < -0.39 is 20.7 Å². The van der Waals surface area contributed by atoms with E-state index in [1.165, 1.54) is 6.07 Å². The Bertz CT molecular complexity index is 490. The van der Waals surface area contributed by atoms with Crippen molar-refractivity contribution in [3.8, 4) is 0 Å². The maximum Gasteiger partial charge on any atom is 0.243 e. The number of aliphatic hydroxyl groups excluding tert-OH is 1. The van der Waals surface area contributed by atoms with Gasteiger partial charge in [0.1, 0.15) is 10.7 Å². The second-order valence-corrected chi connectivity index (χ2v) is 5.25. The van der Waals surface area contributed by atoms with E-state index in [0.29, 0.717) is 12.2 Å². The third kappa shape index (κ3) is 4.02. The Morgan fingerprint density at radius 3 is 2.78 bits per heavy atom. The monoisotopic (exact) mass is 277 g/mol. The van der Waals surface area contributed by atoms with E-state index in [4.69, 9.17) is 9.84 Å². The van der Waals surface area contributed by atoms with Gasteiger partial charge in [-0.05, 0) is 24.6 Å². The van der Waals surface area contributed by atoms with E-state index in [0.717, 1.165) is 12.1 Å². The Morgan fingerprint density at radius 1 is 1.44 bits per heavy atom. The van der Waals surface area contributed by atoms with Gasteiger partial charge in [-0.25, -0.2) is 17.5 Å². The average Bonchev–Trinajstić information content (AvgIpc) is 2.35. The maximum absolute atomic E-state index is 13.4. The molecule has 18 heavy (non-hydrogen) atoms. The Labute approximate surface area is 106 Å². The van der Waals surface area contributed by atoms with E-state index in [-0.39, 0.29) is 19.8 Å². The van der Waals surface area contributed by atoms with Crippen molar-refractivity contribution in [2.45, 2.75) is 18.4 Å². The van der Waals surface area contributed by atoms with Gasteiger partial charge < -0.3 is 9.84 Å². The van der Waals surface area contributed by atoms with Crippen LogP contribution in [0.2, 0.25) is 0 Å². The van der Waals surface area contributed by atoms with Gasteiger partial charge in [-0.15, -0.1) is 0 Å². The number of ether oxygens (including phenoxy) is 1. The lowest BCUT2D eigenvalue weighted by Gasteiger charge is -2.08. The molecule has 0 aliphatic carbocycles. The molecule has 0 heterocycles. The standard InChI is InChI=1S/C11H16FNO4S/c1-2-17-6-5-13-18(15,16)11-7-9(8-14)3-4-10(11)12/h3-4,7,13-14H,2,5-6,8H2,1H3. The van der Waals surface area contributed by atoms with Crippen molar-refractivity contribution < 1.29 is 22.7 Å². The molecule has 7 heteroatoms. The van der Waals surface area contributed by atoms with Gasteiger partial charge in [-0.3, -0.25) is 0 Å². The fourth-order valence-electron chi connectivity index (χ4n) is 1.32. The first-order chi connectivity index (χ1) is 8.51. The molecule has 0 unspecified atom stereocenters. The van der Waals surface area contributed by atoms with Gasteiger partial charge in [0.2, 0.25) is 10.0 Å². The summed E-state index contributed by atoms with van der Waals surface area (Å²) < 4.78 is 44.2. The summed E-state index contributed by atoms with van der Waals surface area (Å²) in [5.74, 6) is -0.851. The molecular formula is C11H16FNO4S. The number of halogens is 1. The Kier molecular flexibility index (Phi) is 5.67. The molecular weight excluding hydrogens is 261 g/mol. The van der Waals surface area contributed by atoms with E-state index in [2.05, 4.69) is 4.72 Å². The van der Waals surface area contributed by atoms with Crippen LogP contribution in [0.3, 0.4) is 0 Å². The summed E-state index contributed by atoms with van der Waals surface area (Å²) in [4.78, 5) is -0.467. The first-order valence-electron chi connectivity index (χ1n) is 5.48. The zero-order chi connectivity index (χ0) is 13.6. The molecule has 0 saturated carbocycles. The largest absolute Gasteiger partial charge is 0.392 e. The summed E-state index contributed by atoms with van der Waals surface area (Å²) in [5, 5.41) is 8.91. The second-order valence-electron chi connectivity index (χ2n) is 3.52. The van der Waals surface area contributed by atoms with Crippen molar-refractivity contribution in [2.24, 2.45) is 0 Å². The molecule has 0 spiro atoms. The lowest BCUT2D eigenvalue weighted by atomic mass is 10.2. The minimum absolute atomic E-state index is 0.0684. The molecule has 0 radical (unpaired) electrons. The molecule has 1 aromatic rings. The topological polar surface area (TPSA) is 75.6 Å². The summed E-state index contributed by atoms with van der Waals surface area (Å²) in [5.41, 5.74) is 0.335. The van der Waals surface area contributed by atoms with Crippen molar-refractivity contribution in [3.63, 3.8) is 0 Å². The third-order valence-electron chi connectivity index (χ3n) is 2.21. The number of benzene rings is 1. The summed E-state index contributed by atoms with van der Waals surface area (Å²) in [7, 11) is -3.92. The van der Waals surface area contributed by atoms with Crippen LogP contribution < -0.4 is 4.72 Å². The van der Waals surface area contributed by atoms with Gasteiger partial charge >= 0.3 is 0 Å². The summed E-state index contributed by atoms with van der Waals surface area (Å²) >= 11 is 0. The fraction of sp³-hybridized carbons (Fsp3) is 0.455. The first kappa shape index (κ1) is 15.0. The van der Waals surface area contributed by atoms with Crippen LogP contribution in [0.25, 0.3) is 0 Å². The Morgan fingerprint density at radius 2 is 2.17 bits per heavy atom. The number of hydrogen-bond donors (Lipinski definition) is 2. The highest BCUT2D eigenvalue weighted by Crippen LogP contribution is 2.16. The van der Waals surface area contributed by atoms with Crippen molar-refractivity contribution in [3.05, 3.63) is 29.6 Å². The van der Waals surface area contributed by atoms with Crippen LogP contribution >= 0.6 is 0 Å². The number of hydrogen-bond acceptors (Lipinski definition) is 4. The van der Waals surface area contributed by atoms with E-state index in [9.17, 15) is 12.8 Å². The van der Waals surface area contributed by atoms with Crippen LogP contribution in [0.4, 0.5) is 4.39 Å². The predicted octanol–water partition coefficient (Wildman–Crippen LogP) is 0.633. The van der Waals surface area contributed by atoms with Crippen LogP contribution in [0.5, 0.6) is 0 Å². The fourth-order valence-corrected chi connectivity index (χ4v) is 2.46. The van der Waals surface area contributed by atoms with Crippen LogP contribution in [-0.2, 0) is 21.4 Å². The molecule has 102 valence electrons. The highest BCUT2D eigenvalue weighted by atomic mass is 32.2. The number of nitrogens with one attached hydrogen (secondary N) is 1. The molecule has 0 atom stereocenters. The number of aliphatic hydroxyl groups is 1. The summed E-state index contributed by atoms with van der Waals surface area (Å²) in [6.07, 6.45) is 0. The van der Waals surface area contributed by atoms with Gasteiger partial charge in [0.15, 0.2) is 0 Å². The second kappa shape index (κ2) is 6.79. The maximum atomic E-state index is 13.4. The molecule has 5 nitrogen and oxygen atoms in total. The Hall–Kier alpha value is -1.02. The lowest BCUT2D eigenvalue weighted by Crippen LogP contribution is -2.28. The van der Waals surface area contributed by atoms with E-state index >= 15 is 0 Å². The number of sulfonamides is 1. The first-order valence-corrected chi connectivity index (χ1v) is 6.96. The number of rotatable bonds is 7. The SMILES string of the molecule is CCOCCNS(=O)(=O)c1cc(CO)ccc1F. The summed E-state index contributed by atoms with van der Waals surface area (Å²) in [6.45, 7) is 2.22. The van der Waals surface area contributed by atoms with Crippen LogP contribution in [0.15, 0.2) is 23.1 Å². The smallest absolute Gasteiger partial charge is 0.243 e. The van der Waals surface area contributed by atoms with Crippen LogP contribution in [0.1, 0.15) is 12.5 Å². The molecule has 0 saturated heterocycles. The molecule has 0 amide bonds. The molecule has 0 aliphatic heterocycles. The molecule has 0 fully saturated rings. The quantitative estimate of drug-likeness (QED) is 0.717. The van der Waals surface area contributed by atoms with Gasteiger partial charge in [-0.1, -0.05) is 6.07 Å². The minimum Gasteiger partial charge on any atom is -0.392 e.